The maximum Gasteiger partial charge on any atom is 0.569 e. The summed E-state index contributed by atoms with van der Waals surface area (Å²) >= 11 is 0. The van der Waals surface area contributed by atoms with Crippen molar-refractivity contribution in [1.29, 1.82) is 0 Å². The molecule has 0 fully saturated rings. The summed E-state index contributed by atoms with van der Waals surface area (Å²) in [5.41, 5.74) is 5.23. The van der Waals surface area contributed by atoms with Gasteiger partial charge in [0.2, 0.25) is 0 Å². The van der Waals surface area contributed by atoms with E-state index < -0.39 is 5.82 Å². The molecule has 0 aliphatic heterocycles. The van der Waals surface area contributed by atoms with Crippen LogP contribution < -0.4 is 10.4 Å². The zero-order chi connectivity index (χ0) is 8.27. The molecule has 0 aliphatic carbocycles. The number of rotatable bonds is 2. The highest BCUT2D eigenvalue weighted by Crippen LogP contribution is 2.17. The van der Waals surface area contributed by atoms with Gasteiger partial charge in [-0.15, -0.1) is 0 Å². The number of hydrogen-bond donors (Lipinski definition) is 2. The summed E-state index contributed by atoms with van der Waals surface area (Å²) < 4.78 is 17.1. The predicted octanol–water partition coefficient (Wildman–Crippen LogP) is 0.313. The summed E-state index contributed by atoms with van der Waals surface area (Å²) in [5.74, 6) is -0.358. The molecule has 0 unspecified atom stereocenters. The lowest BCUT2D eigenvalue weighted by Gasteiger charge is -2.01. The molecule has 0 aromatic heterocycles. The van der Waals surface area contributed by atoms with Crippen molar-refractivity contribution >= 4 is 13.4 Å². The van der Waals surface area contributed by atoms with Gasteiger partial charge in [-0.25, -0.2) is 4.39 Å². The Labute approximate surface area is 63.9 Å². The standard InChI is InChI=1S/C6H6BFNO2/c8-5-3-4(11-7-10)1-2-6(5)9/h1-3,10H,9H2. The Balaban J connectivity index is 2.86. The van der Waals surface area contributed by atoms with Crippen molar-refractivity contribution in [3.63, 3.8) is 0 Å². The number of anilines is 1. The second kappa shape index (κ2) is 3.25. The highest BCUT2D eigenvalue weighted by molar-refractivity contribution is 6.17. The molecule has 5 heteroatoms. The van der Waals surface area contributed by atoms with Crippen molar-refractivity contribution in [3.8, 4) is 5.75 Å². The lowest BCUT2D eigenvalue weighted by atomic mass is 10.3. The van der Waals surface area contributed by atoms with Gasteiger partial charge in [-0.1, -0.05) is 0 Å². The lowest BCUT2D eigenvalue weighted by Crippen LogP contribution is -2.00. The van der Waals surface area contributed by atoms with E-state index in [1.165, 1.54) is 12.1 Å². The van der Waals surface area contributed by atoms with Gasteiger partial charge in [0.15, 0.2) is 0 Å². The van der Waals surface area contributed by atoms with E-state index in [9.17, 15) is 4.39 Å². The summed E-state index contributed by atoms with van der Waals surface area (Å²) in [5, 5.41) is 8.18. The third kappa shape index (κ3) is 1.85. The molecular formula is C6H6BFNO2. The lowest BCUT2D eigenvalue weighted by molar-refractivity contribution is 0.451. The van der Waals surface area contributed by atoms with Crippen LogP contribution >= 0.6 is 0 Å². The molecule has 57 valence electrons. The van der Waals surface area contributed by atoms with Crippen molar-refractivity contribution in [2.75, 3.05) is 5.73 Å². The SMILES string of the molecule is Nc1ccc(O[B]O)cc1F. The number of hydrogen-bond acceptors (Lipinski definition) is 3. The van der Waals surface area contributed by atoms with Gasteiger partial charge in [0.25, 0.3) is 0 Å². The monoisotopic (exact) mass is 154 g/mol. The molecule has 0 heterocycles. The summed E-state index contributed by atoms with van der Waals surface area (Å²) in [6, 6.07) is 3.89. The molecule has 0 aliphatic rings. The van der Waals surface area contributed by atoms with E-state index in [2.05, 4.69) is 4.65 Å². The molecule has 0 saturated heterocycles. The number of nitrogens with two attached hydrogens (primary N) is 1. The van der Waals surface area contributed by atoms with Crippen LogP contribution in [0.15, 0.2) is 18.2 Å². The van der Waals surface area contributed by atoms with Crippen molar-refractivity contribution in [2.24, 2.45) is 0 Å². The molecule has 0 saturated carbocycles. The molecule has 3 N–H and O–H groups in total. The minimum Gasteiger partial charge on any atom is -0.537 e. The van der Waals surface area contributed by atoms with Crippen LogP contribution in [0.2, 0.25) is 0 Å². The molecule has 0 atom stereocenters. The minimum atomic E-state index is -0.565. The van der Waals surface area contributed by atoms with E-state index in [0.29, 0.717) is 7.69 Å². The van der Waals surface area contributed by atoms with Crippen molar-refractivity contribution in [2.45, 2.75) is 0 Å². The molecule has 1 radical (unpaired) electrons. The second-order valence-electron chi connectivity index (χ2n) is 1.91. The van der Waals surface area contributed by atoms with Crippen molar-refractivity contribution in [1.82, 2.24) is 0 Å². The van der Waals surface area contributed by atoms with Crippen LogP contribution in [0.3, 0.4) is 0 Å². The third-order valence-electron chi connectivity index (χ3n) is 1.16. The fraction of sp³-hybridized carbons (Fsp3) is 0. The largest absolute Gasteiger partial charge is 0.569 e. The Morgan fingerprint density at radius 3 is 2.82 bits per heavy atom. The van der Waals surface area contributed by atoms with Gasteiger partial charge in [0.1, 0.15) is 11.6 Å². The van der Waals surface area contributed by atoms with E-state index in [4.69, 9.17) is 10.8 Å². The normalized spacial score (nSPS) is 9.27. The highest BCUT2D eigenvalue weighted by atomic mass is 19.1. The molecule has 1 rings (SSSR count). The molecule has 0 spiro atoms. The highest BCUT2D eigenvalue weighted by Gasteiger charge is 1.99. The number of halogens is 1. The smallest absolute Gasteiger partial charge is 0.537 e. The summed E-state index contributed by atoms with van der Waals surface area (Å²) in [6.45, 7) is 0. The van der Waals surface area contributed by atoms with Crippen LogP contribution in [-0.2, 0) is 0 Å². The van der Waals surface area contributed by atoms with E-state index in [0.717, 1.165) is 6.07 Å². The fourth-order valence-corrected chi connectivity index (χ4v) is 0.642. The van der Waals surface area contributed by atoms with Crippen LogP contribution in [0.4, 0.5) is 10.1 Å². The first-order chi connectivity index (χ1) is 5.24. The van der Waals surface area contributed by atoms with Crippen LogP contribution in [-0.4, -0.2) is 12.7 Å². The average Bonchev–Trinajstić information content (AvgIpc) is 1.98. The minimum absolute atomic E-state index is 0.0512. The first-order valence-electron chi connectivity index (χ1n) is 2.91. The number of nitrogen functional groups attached to an aromatic ring is 1. The maximum absolute atomic E-state index is 12.6. The van der Waals surface area contributed by atoms with E-state index >= 15 is 0 Å². The second-order valence-corrected chi connectivity index (χ2v) is 1.91. The molecule has 0 amide bonds. The summed E-state index contributed by atoms with van der Waals surface area (Å²) in [6.07, 6.45) is 0. The molecule has 11 heavy (non-hydrogen) atoms. The molecule has 3 nitrogen and oxygen atoms in total. The van der Waals surface area contributed by atoms with Gasteiger partial charge in [-0.2, -0.15) is 0 Å². The van der Waals surface area contributed by atoms with Gasteiger partial charge in [-0.3, -0.25) is 0 Å². The Morgan fingerprint density at radius 1 is 1.55 bits per heavy atom. The Kier molecular flexibility index (Phi) is 2.33. The quantitative estimate of drug-likeness (QED) is 0.476. The van der Waals surface area contributed by atoms with Gasteiger partial charge in [-0.05, 0) is 12.1 Å². The molecular weight excluding hydrogens is 148 g/mol. The topological polar surface area (TPSA) is 55.5 Å². The van der Waals surface area contributed by atoms with Gasteiger partial charge in [0.05, 0.1) is 5.69 Å². The van der Waals surface area contributed by atoms with E-state index in [1.54, 1.807) is 0 Å². The summed E-state index contributed by atoms with van der Waals surface area (Å²) in [7, 11) is 0.477. The van der Waals surface area contributed by atoms with E-state index in [-0.39, 0.29) is 11.4 Å². The Hall–Kier alpha value is -1.23. The zero-order valence-corrected chi connectivity index (χ0v) is 5.62. The third-order valence-corrected chi connectivity index (χ3v) is 1.16. The Morgan fingerprint density at radius 2 is 2.27 bits per heavy atom. The molecule has 1 aromatic carbocycles. The number of benzene rings is 1. The first-order valence-corrected chi connectivity index (χ1v) is 2.91. The average molecular weight is 154 g/mol. The zero-order valence-electron chi connectivity index (χ0n) is 5.62. The maximum atomic E-state index is 12.6. The van der Waals surface area contributed by atoms with Crippen molar-refractivity contribution < 1.29 is 14.1 Å². The first kappa shape index (κ1) is 7.88. The van der Waals surface area contributed by atoms with Gasteiger partial charge >= 0.3 is 7.69 Å². The molecule has 0 bridgehead atoms. The van der Waals surface area contributed by atoms with E-state index in [1.807, 2.05) is 0 Å². The van der Waals surface area contributed by atoms with Crippen LogP contribution in [0.5, 0.6) is 5.75 Å². The van der Waals surface area contributed by atoms with Crippen LogP contribution in [0.1, 0.15) is 0 Å². The Bertz CT molecular complexity index is 256. The van der Waals surface area contributed by atoms with Crippen molar-refractivity contribution in [3.05, 3.63) is 24.0 Å². The van der Waals surface area contributed by atoms with Crippen LogP contribution in [0.25, 0.3) is 0 Å². The fourth-order valence-electron chi connectivity index (χ4n) is 0.642. The van der Waals surface area contributed by atoms with Gasteiger partial charge < -0.3 is 15.4 Å². The predicted molar refractivity (Wildman–Crippen MR) is 39.4 cm³/mol. The summed E-state index contributed by atoms with van der Waals surface area (Å²) in [4.78, 5) is 0. The van der Waals surface area contributed by atoms with Crippen LogP contribution in [0, 0.1) is 5.82 Å². The van der Waals surface area contributed by atoms with Gasteiger partial charge in [0, 0.05) is 6.07 Å². The molecule has 1 aromatic rings.